The topological polar surface area (TPSA) is 61.9 Å². The van der Waals surface area contributed by atoms with E-state index in [9.17, 15) is 22.8 Å². The summed E-state index contributed by atoms with van der Waals surface area (Å²) in [5.41, 5.74) is 0.935. The van der Waals surface area contributed by atoms with Gasteiger partial charge in [0.1, 0.15) is 11.8 Å². The Labute approximate surface area is 208 Å². The molecule has 10 heteroatoms. The van der Waals surface area contributed by atoms with Crippen molar-refractivity contribution in [3.05, 3.63) is 54.6 Å². The molecule has 0 saturated carbocycles. The van der Waals surface area contributed by atoms with Gasteiger partial charge in [-0.15, -0.1) is 13.2 Å². The Hall–Kier alpha value is -3.14. The number of nitrogens with zero attached hydrogens (tertiary/aromatic N) is 2. The van der Waals surface area contributed by atoms with Gasteiger partial charge in [-0.05, 0) is 55.0 Å². The van der Waals surface area contributed by atoms with Crippen LogP contribution in [0.3, 0.4) is 0 Å². The molecule has 6 nitrogen and oxygen atoms in total. The lowest BCUT2D eigenvalue weighted by Gasteiger charge is -2.24. The van der Waals surface area contributed by atoms with Crippen molar-refractivity contribution in [1.82, 2.24) is 4.90 Å². The maximum absolute atomic E-state index is 13.3. The molecule has 1 fully saturated rings. The number of ether oxygens (including phenoxy) is 1. The first-order valence-corrected chi connectivity index (χ1v) is 12.0. The smallest absolute Gasteiger partial charge is 0.406 e. The van der Waals surface area contributed by atoms with E-state index in [-0.39, 0.29) is 18.1 Å². The zero-order valence-corrected chi connectivity index (χ0v) is 20.2. The third-order valence-electron chi connectivity index (χ3n) is 5.59. The first kappa shape index (κ1) is 26.5. The molecular formula is C25H28F3N3O3S. The van der Waals surface area contributed by atoms with Crippen molar-refractivity contribution in [2.75, 3.05) is 16.8 Å². The van der Waals surface area contributed by atoms with Crippen LogP contribution in [0.5, 0.6) is 5.75 Å². The fourth-order valence-corrected chi connectivity index (χ4v) is 4.33. The number of carbonyl (C=O) groups excluding carboxylic acids is 2. The van der Waals surface area contributed by atoms with Crippen LogP contribution in [0.25, 0.3) is 0 Å². The highest BCUT2D eigenvalue weighted by Gasteiger charge is 2.43. The molecule has 1 saturated heterocycles. The van der Waals surface area contributed by atoms with Crippen LogP contribution in [0.4, 0.5) is 24.5 Å². The summed E-state index contributed by atoms with van der Waals surface area (Å²) >= 11 is 5.63. The minimum atomic E-state index is -4.79. The SMILES string of the molecule is CCCCCCCN1C(=S)N(c2ccccc2)C(=O)C1CC(=O)Nc1ccc(OC(F)(F)F)cc1. The second-order valence-corrected chi connectivity index (χ2v) is 8.60. The normalized spacial score (nSPS) is 16.1. The summed E-state index contributed by atoms with van der Waals surface area (Å²) in [6.45, 7) is 2.69. The molecule has 1 atom stereocenters. The number of unbranched alkanes of at least 4 members (excludes halogenated alkanes) is 4. The Morgan fingerprint density at radius 1 is 1.03 bits per heavy atom. The Morgan fingerprint density at radius 2 is 1.69 bits per heavy atom. The average Bonchev–Trinajstić information content (AvgIpc) is 3.03. The standard InChI is InChI=1S/C25H28F3N3O3S/c1-2-3-4-5-9-16-30-21(23(33)31(24(30)35)19-10-7-6-8-11-19)17-22(32)29-18-12-14-20(15-13-18)34-25(26,27)28/h6-8,10-15,21H,2-5,9,16-17H2,1H3,(H,29,32). The molecule has 1 aliphatic heterocycles. The molecule has 0 aliphatic carbocycles. The first-order valence-electron chi connectivity index (χ1n) is 11.5. The van der Waals surface area contributed by atoms with Gasteiger partial charge >= 0.3 is 6.36 Å². The second kappa shape index (κ2) is 12.0. The molecule has 2 aromatic rings. The van der Waals surface area contributed by atoms with Crippen molar-refractivity contribution < 1.29 is 27.5 Å². The van der Waals surface area contributed by atoms with Crippen molar-refractivity contribution in [2.45, 2.75) is 57.9 Å². The summed E-state index contributed by atoms with van der Waals surface area (Å²) < 4.78 is 40.9. The lowest BCUT2D eigenvalue weighted by Crippen LogP contribution is -2.38. The predicted molar refractivity (Wildman–Crippen MR) is 132 cm³/mol. The van der Waals surface area contributed by atoms with E-state index in [1.165, 1.54) is 17.0 Å². The Bertz CT molecular complexity index is 1020. The third-order valence-corrected chi connectivity index (χ3v) is 6.00. The molecule has 1 unspecified atom stereocenters. The predicted octanol–water partition coefficient (Wildman–Crippen LogP) is 5.89. The van der Waals surface area contributed by atoms with Gasteiger partial charge < -0.3 is 15.0 Å². The molecule has 3 rings (SSSR count). The Kier molecular flexibility index (Phi) is 9.08. The second-order valence-electron chi connectivity index (χ2n) is 8.24. The minimum absolute atomic E-state index is 0.141. The number of anilines is 2. The number of rotatable bonds is 11. The van der Waals surface area contributed by atoms with Crippen LogP contribution in [-0.4, -0.2) is 40.8 Å². The van der Waals surface area contributed by atoms with E-state index in [1.54, 1.807) is 17.0 Å². The van der Waals surface area contributed by atoms with Gasteiger partial charge in [0.15, 0.2) is 5.11 Å². The molecule has 188 valence electrons. The number of alkyl halides is 3. The summed E-state index contributed by atoms with van der Waals surface area (Å²) in [4.78, 5) is 29.4. The minimum Gasteiger partial charge on any atom is -0.406 e. The van der Waals surface area contributed by atoms with Gasteiger partial charge in [0.05, 0.1) is 12.1 Å². The molecule has 2 amide bonds. The number of hydrogen-bond donors (Lipinski definition) is 1. The molecular weight excluding hydrogens is 479 g/mol. The van der Waals surface area contributed by atoms with E-state index in [1.807, 2.05) is 18.2 Å². The molecule has 1 N–H and O–H groups in total. The van der Waals surface area contributed by atoms with Crippen LogP contribution in [0.15, 0.2) is 54.6 Å². The number of benzene rings is 2. The van der Waals surface area contributed by atoms with Crippen LogP contribution in [0.2, 0.25) is 0 Å². The van der Waals surface area contributed by atoms with Gasteiger partial charge in [-0.3, -0.25) is 14.5 Å². The van der Waals surface area contributed by atoms with Gasteiger partial charge in [0, 0.05) is 12.2 Å². The van der Waals surface area contributed by atoms with Crippen LogP contribution in [0, 0.1) is 0 Å². The first-order chi connectivity index (χ1) is 16.7. The number of thiocarbonyl (C=S) groups is 1. The number of halogens is 3. The van der Waals surface area contributed by atoms with Crippen LogP contribution >= 0.6 is 12.2 Å². The number of para-hydroxylation sites is 1. The van der Waals surface area contributed by atoms with E-state index in [0.29, 0.717) is 23.0 Å². The average molecular weight is 508 g/mol. The molecule has 2 aromatic carbocycles. The monoisotopic (exact) mass is 507 g/mol. The summed E-state index contributed by atoms with van der Waals surface area (Å²) in [6.07, 6.45) is 0.251. The van der Waals surface area contributed by atoms with E-state index in [0.717, 1.165) is 44.2 Å². The summed E-state index contributed by atoms with van der Waals surface area (Å²) in [5, 5.41) is 3.00. The lowest BCUT2D eigenvalue weighted by molar-refractivity contribution is -0.274. The van der Waals surface area contributed by atoms with Crippen molar-refractivity contribution in [3.63, 3.8) is 0 Å². The number of carbonyl (C=O) groups is 2. The molecule has 35 heavy (non-hydrogen) atoms. The van der Waals surface area contributed by atoms with E-state index in [2.05, 4.69) is 17.0 Å². The molecule has 0 spiro atoms. The van der Waals surface area contributed by atoms with Crippen LogP contribution < -0.4 is 15.0 Å². The van der Waals surface area contributed by atoms with Gasteiger partial charge in [0.25, 0.3) is 5.91 Å². The summed E-state index contributed by atoms with van der Waals surface area (Å²) in [6, 6.07) is 13.1. The Morgan fingerprint density at radius 3 is 2.31 bits per heavy atom. The van der Waals surface area contributed by atoms with Gasteiger partial charge in [-0.25, -0.2) is 0 Å². The number of nitrogens with one attached hydrogen (secondary N) is 1. The van der Waals surface area contributed by atoms with Crippen molar-refractivity contribution in [2.24, 2.45) is 0 Å². The fourth-order valence-electron chi connectivity index (χ4n) is 3.92. The van der Waals surface area contributed by atoms with E-state index < -0.39 is 18.3 Å². The maximum atomic E-state index is 13.3. The third kappa shape index (κ3) is 7.42. The highest BCUT2D eigenvalue weighted by atomic mass is 32.1. The number of amides is 2. The van der Waals surface area contributed by atoms with E-state index in [4.69, 9.17) is 12.2 Å². The fraction of sp³-hybridized carbons (Fsp3) is 0.400. The maximum Gasteiger partial charge on any atom is 0.573 e. The molecule has 0 radical (unpaired) electrons. The lowest BCUT2D eigenvalue weighted by atomic mass is 10.1. The van der Waals surface area contributed by atoms with E-state index >= 15 is 0 Å². The summed E-state index contributed by atoms with van der Waals surface area (Å²) in [5.74, 6) is -1.11. The van der Waals surface area contributed by atoms with Crippen molar-refractivity contribution in [1.29, 1.82) is 0 Å². The van der Waals surface area contributed by atoms with Gasteiger partial charge in [0.2, 0.25) is 5.91 Å². The zero-order valence-electron chi connectivity index (χ0n) is 19.4. The molecule has 1 aliphatic rings. The molecule has 0 aromatic heterocycles. The Balaban J connectivity index is 1.69. The largest absolute Gasteiger partial charge is 0.573 e. The van der Waals surface area contributed by atoms with Gasteiger partial charge in [-0.1, -0.05) is 50.8 Å². The zero-order chi connectivity index (χ0) is 25.4. The molecule has 1 heterocycles. The quantitative estimate of drug-likeness (QED) is 0.304. The number of hydrogen-bond acceptors (Lipinski definition) is 4. The molecule has 0 bridgehead atoms. The van der Waals surface area contributed by atoms with Crippen molar-refractivity contribution >= 4 is 40.5 Å². The summed E-state index contributed by atoms with van der Waals surface area (Å²) in [7, 11) is 0. The highest BCUT2D eigenvalue weighted by Crippen LogP contribution is 2.28. The van der Waals surface area contributed by atoms with Gasteiger partial charge in [-0.2, -0.15) is 0 Å². The van der Waals surface area contributed by atoms with Crippen molar-refractivity contribution in [3.8, 4) is 5.75 Å². The van der Waals surface area contributed by atoms with Crippen LogP contribution in [0.1, 0.15) is 45.4 Å². The van der Waals surface area contributed by atoms with Crippen LogP contribution in [-0.2, 0) is 9.59 Å². The highest BCUT2D eigenvalue weighted by molar-refractivity contribution is 7.80.